The van der Waals surface area contributed by atoms with Gasteiger partial charge in [0.1, 0.15) is 11.5 Å². The van der Waals surface area contributed by atoms with E-state index < -0.39 is 0 Å². The second-order valence-electron chi connectivity index (χ2n) is 4.53. The van der Waals surface area contributed by atoms with E-state index in [1.807, 2.05) is 17.8 Å². The summed E-state index contributed by atoms with van der Waals surface area (Å²) in [7, 11) is 1.88. The molecule has 0 fully saturated rings. The number of rotatable bonds is 4. The first-order valence-electron chi connectivity index (χ1n) is 6.35. The van der Waals surface area contributed by atoms with E-state index in [0.29, 0.717) is 5.92 Å². The van der Waals surface area contributed by atoms with E-state index in [1.165, 1.54) is 0 Å². The van der Waals surface area contributed by atoms with Gasteiger partial charge in [-0.2, -0.15) is 5.10 Å². The topological polar surface area (TPSA) is 55.6 Å². The molecule has 0 atom stereocenters. The number of aryl methyl sites for hydroxylation is 1. The van der Waals surface area contributed by atoms with Crippen molar-refractivity contribution in [3.05, 3.63) is 21.5 Å². The zero-order chi connectivity index (χ0) is 14.0. The summed E-state index contributed by atoms with van der Waals surface area (Å²) in [6, 6.07) is 1.95. The van der Waals surface area contributed by atoms with E-state index >= 15 is 0 Å². The predicted octanol–water partition coefficient (Wildman–Crippen LogP) is 3.13. The molecule has 5 nitrogen and oxygen atoms in total. The molecule has 0 spiro atoms. The van der Waals surface area contributed by atoms with Crippen LogP contribution in [0.25, 0.3) is 11.5 Å². The minimum Gasteiger partial charge on any atom is -0.372 e. The number of nitrogens with one attached hydrogen (secondary N) is 1. The molecule has 102 valence electrons. The summed E-state index contributed by atoms with van der Waals surface area (Å²) in [6.45, 7) is 7.16. The van der Waals surface area contributed by atoms with Crippen LogP contribution in [-0.2, 0) is 6.54 Å². The summed E-state index contributed by atoms with van der Waals surface area (Å²) in [5, 5.41) is 7.42. The molecule has 2 aromatic rings. The Hall–Kier alpha value is -1.18. The molecule has 2 heterocycles. The minimum absolute atomic E-state index is 0.360. The van der Waals surface area contributed by atoms with Gasteiger partial charge in [0.05, 0.1) is 9.26 Å². The molecule has 0 aliphatic carbocycles. The van der Waals surface area contributed by atoms with Crippen molar-refractivity contribution in [3.8, 4) is 11.5 Å². The van der Waals surface area contributed by atoms with E-state index in [0.717, 1.165) is 33.1 Å². The molecule has 0 radical (unpaired) electrons. The van der Waals surface area contributed by atoms with Crippen molar-refractivity contribution in [3.63, 3.8) is 0 Å². The lowest BCUT2D eigenvalue weighted by Crippen LogP contribution is -2.09. The maximum atomic E-state index is 4.71. The smallest absolute Gasteiger partial charge is 0.180 e. The fourth-order valence-corrected chi connectivity index (χ4v) is 3.04. The average Bonchev–Trinajstić information content (AvgIpc) is 2.87. The molecular weight excluding hydrogens is 353 g/mol. The molecule has 2 rings (SSSR count). The molecule has 19 heavy (non-hydrogen) atoms. The Balaban J connectivity index is 2.61. The zero-order valence-corrected chi connectivity index (χ0v) is 13.8. The first-order chi connectivity index (χ1) is 9.08. The molecule has 0 saturated heterocycles. The highest BCUT2D eigenvalue weighted by Gasteiger charge is 2.16. The minimum atomic E-state index is 0.360. The predicted molar refractivity (Wildman–Crippen MR) is 85.3 cm³/mol. The third kappa shape index (κ3) is 2.72. The van der Waals surface area contributed by atoms with Crippen molar-refractivity contribution in [2.24, 2.45) is 0 Å². The molecule has 0 aliphatic rings. The van der Waals surface area contributed by atoms with Gasteiger partial charge >= 0.3 is 0 Å². The molecule has 1 N–H and O–H groups in total. The second kappa shape index (κ2) is 5.85. The van der Waals surface area contributed by atoms with Gasteiger partial charge in [0.2, 0.25) is 0 Å². The number of hydrogen-bond donors (Lipinski definition) is 1. The lowest BCUT2D eigenvalue weighted by molar-refractivity contribution is 0.662. The van der Waals surface area contributed by atoms with Crippen molar-refractivity contribution < 1.29 is 0 Å². The number of halogens is 1. The van der Waals surface area contributed by atoms with Crippen LogP contribution < -0.4 is 5.32 Å². The van der Waals surface area contributed by atoms with E-state index in [4.69, 9.17) is 4.98 Å². The van der Waals surface area contributed by atoms with E-state index in [2.05, 4.69) is 58.8 Å². The maximum absolute atomic E-state index is 4.71. The summed E-state index contributed by atoms with van der Waals surface area (Å²) in [6.07, 6.45) is 1.79. The molecule has 0 unspecified atom stereocenters. The second-order valence-corrected chi connectivity index (χ2v) is 5.61. The Morgan fingerprint density at radius 3 is 2.68 bits per heavy atom. The van der Waals surface area contributed by atoms with Crippen molar-refractivity contribution in [1.82, 2.24) is 19.7 Å². The van der Waals surface area contributed by atoms with Crippen LogP contribution in [0.5, 0.6) is 0 Å². The summed E-state index contributed by atoms with van der Waals surface area (Å²) in [5.74, 6) is 1.96. The number of hydrogen-bond acceptors (Lipinski definition) is 4. The highest BCUT2D eigenvalue weighted by Crippen LogP contribution is 2.27. The third-order valence-corrected chi connectivity index (χ3v) is 3.97. The van der Waals surface area contributed by atoms with Gasteiger partial charge in [0.15, 0.2) is 5.82 Å². The monoisotopic (exact) mass is 371 g/mol. The fourth-order valence-electron chi connectivity index (χ4n) is 1.90. The first kappa shape index (κ1) is 14.2. The van der Waals surface area contributed by atoms with Gasteiger partial charge in [-0.05, 0) is 41.5 Å². The Bertz CT molecular complexity index is 576. The molecule has 0 amide bonds. The fraction of sp³-hybridized carbons (Fsp3) is 0.462. The third-order valence-electron chi connectivity index (χ3n) is 2.91. The van der Waals surface area contributed by atoms with E-state index in [9.17, 15) is 0 Å². The van der Waals surface area contributed by atoms with Crippen LogP contribution in [0.4, 0.5) is 5.82 Å². The van der Waals surface area contributed by atoms with Crippen LogP contribution in [0.3, 0.4) is 0 Å². The van der Waals surface area contributed by atoms with Gasteiger partial charge in [-0.15, -0.1) is 0 Å². The van der Waals surface area contributed by atoms with Crippen molar-refractivity contribution >= 4 is 28.4 Å². The van der Waals surface area contributed by atoms with Crippen molar-refractivity contribution in [2.75, 3.05) is 12.4 Å². The number of aromatic nitrogens is 4. The largest absolute Gasteiger partial charge is 0.372 e. The summed E-state index contributed by atoms with van der Waals surface area (Å²) < 4.78 is 2.99. The molecular formula is C13H18IN5. The van der Waals surface area contributed by atoms with Gasteiger partial charge < -0.3 is 5.32 Å². The number of nitrogens with zero attached hydrogens (tertiary/aromatic N) is 4. The van der Waals surface area contributed by atoms with Crippen molar-refractivity contribution in [1.29, 1.82) is 0 Å². The van der Waals surface area contributed by atoms with Crippen LogP contribution in [0.2, 0.25) is 0 Å². The molecule has 0 bridgehead atoms. The molecule has 6 heteroatoms. The van der Waals surface area contributed by atoms with Crippen molar-refractivity contribution in [2.45, 2.75) is 33.2 Å². The van der Waals surface area contributed by atoms with E-state index in [-0.39, 0.29) is 0 Å². The molecule has 0 aromatic carbocycles. The van der Waals surface area contributed by atoms with Gasteiger partial charge in [-0.25, -0.2) is 9.97 Å². The Labute approximate surface area is 127 Å². The Morgan fingerprint density at radius 2 is 2.11 bits per heavy atom. The quantitative estimate of drug-likeness (QED) is 0.840. The lowest BCUT2D eigenvalue weighted by Gasteiger charge is -2.13. The highest BCUT2D eigenvalue weighted by atomic mass is 127. The van der Waals surface area contributed by atoms with Gasteiger partial charge in [0, 0.05) is 19.8 Å². The number of anilines is 1. The van der Waals surface area contributed by atoms with Gasteiger partial charge in [-0.1, -0.05) is 13.8 Å². The Kier molecular flexibility index (Phi) is 4.38. The van der Waals surface area contributed by atoms with Crippen LogP contribution in [0.1, 0.15) is 32.4 Å². The van der Waals surface area contributed by atoms with Crippen LogP contribution in [0, 0.1) is 3.57 Å². The SMILES string of the molecule is CCn1nccc1-c1nc(NC)c(I)c(C(C)C)n1. The first-order valence-corrected chi connectivity index (χ1v) is 7.43. The maximum Gasteiger partial charge on any atom is 0.180 e. The lowest BCUT2D eigenvalue weighted by atomic mass is 10.1. The standard InChI is InChI=1S/C13H18IN5/c1-5-19-9(6-7-16-19)12-17-11(8(2)3)10(14)13(15-4)18-12/h6-8H,5H2,1-4H3,(H,15,17,18). The summed E-state index contributed by atoms with van der Waals surface area (Å²) >= 11 is 2.30. The molecule has 0 aliphatic heterocycles. The normalized spacial score (nSPS) is 11.1. The van der Waals surface area contributed by atoms with Gasteiger partial charge in [-0.3, -0.25) is 4.68 Å². The zero-order valence-electron chi connectivity index (χ0n) is 11.6. The van der Waals surface area contributed by atoms with Gasteiger partial charge in [0.25, 0.3) is 0 Å². The molecule has 0 saturated carbocycles. The van der Waals surface area contributed by atoms with Crippen LogP contribution in [0.15, 0.2) is 12.3 Å². The van der Waals surface area contributed by atoms with E-state index in [1.54, 1.807) is 6.20 Å². The average molecular weight is 371 g/mol. The van der Waals surface area contributed by atoms with Crippen LogP contribution in [-0.4, -0.2) is 26.8 Å². The van der Waals surface area contributed by atoms with Crippen LogP contribution >= 0.6 is 22.6 Å². The molecule has 2 aromatic heterocycles. The Morgan fingerprint density at radius 1 is 1.37 bits per heavy atom. The summed E-state index contributed by atoms with van der Waals surface area (Å²) in [5.41, 5.74) is 2.02. The highest BCUT2D eigenvalue weighted by molar-refractivity contribution is 14.1. The summed E-state index contributed by atoms with van der Waals surface area (Å²) in [4.78, 5) is 9.31.